The van der Waals surface area contributed by atoms with E-state index in [1.54, 1.807) is 0 Å². The van der Waals surface area contributed by atoms with Gasteiger partial charge in [0, 0.05) is 33.0 Å². The molecule has 1 aromatic carbocycles. The van der Waals surface area contributed by atoms with Crippen molar-refractivity contribution in [1.29, 1.82) is 0 Å². The van der Waals surface area contributed by atoms with E-state index in [2.05, 4.69) is 0 Å². The first-order valence-corrected chi connectivity index (χ1v) is 8.93. The Labute approximate surface area is 142 Å². The Bertz CT molecular complexity index is 789. The van der Waals surface area contributed by atoms with E-state index in [0.717, 1.165) is 4.31 Å². The van der Waals surface area contributed by atoms with Gasteiger partial charge >= 0.3 is 5.97 Å². The average molecular weight is 351 g/mol. The van der Waals surface area contributed by atoms with E-state index < -0.39 is 16.0 Å². The van der Waals surface area contributed by atoms with Crippen LogP contribution < -0.4 is 0 Å². The van der Waals surface area contributed by atoms with Gasteiger partial charge in [-0.25, -0.2) is 17.5 Å². The van der Waals surface area contributed by atoms with E-state index in [-0.39, 0.29) is 21.7 Å². The van der Waals surface area contributed by atoms with Crippen molar-refractivity contribution < 1.29 is 22.7 Å². The van der Waals surface area contributed by atoms with Crippen molar-refractivity contribution in [1.82, 2.24) is 4.31 Å². The van der Waals surface area contributed by atoms with Crippen LogP contribution in [0.4, 0.5) is 0 Å². The van der Waals surface area contributed by atoms with Gasteiger partial charge < -0.3 is 4.74 Å². The van der Waals surface area contributed by atoms with Crippen molar-refractivity contribution in [3.63, 3.8) is 0 Å². The van der Waals surface area contributed by atoms with E-state index >= 15 is 0 Å². The van der Waals surface area contributed by atoms with Crippen molar-refractivity contribution in [2.45, 2.75) is 31.6 Å². The summed E-state index contributed by atoms with van der Waals surface area (Å²) in [7, 11) is -0.671. The van der Waals surface area contributed by atoms with Gasteiger partial charge in [0.1, 0.15) is 5.76 Å². The largest absolute Gasteiger partial charge is 0.427 e. The van der Waals surface area contributed by atoms with E-state index in [4.69, 9.17) is 4.74 Å². The van der Waals surface area contributed by atoms with Crippen LogP contribution in [-0.2, 0) is 19.6 Å². The lowest BCUT2D eigenvalue weighted by atomic mass is 9.79. The molecule has 0 spiro atoms. The number of ketones is 1. The molecule has 0 saturated heterocycles. The lowest BCUT2D eigenvalue weighted by Crippen LogP contribution is -2.24. The molecule has 0 aromatic heterocycles. The fourth-order valence-electron chi connectivity index (χ4n) is 2.50. The predicted molar refractivity (Wildman–Crippen MR) is 88.8 cm³/mol. The van der Waals surface area contributed by atoms with Crippen LogP contribution in [0.5, 0.6) is 0 Å². The molecule has 0 fully saturated rings. The smallest absolute Gasteiger partial charge is 0.343 e. The molecule has 0 N–H and O–H groups in total. The van der Waals surface area contributed by atoms with Crippen LogP contribution in [-0.4, -0.2) is 38.6 Å². The van der Waals surface area contributed by atoms with Gasteiger partial charge in [-0.3, -0.25) is 4.79 Å². The second-order valence-electron chi connectivity index (χ2n) is 6.80. The number of ether oxygens (including phenoxy) is 1. The van der Waals surface area contributed by atoms with Crippen LogP contribution in [0.1, 0.15) is 37.0 Å². The van der Waals surface area contributed by atoms with Crippen LogP contribution in [0.15, 0.2) is 41.0 Å². The molecule has 1 aliphatic carbocycles. The van der Waals surface area contributed by atoms with E-state index in [1.165, 1.54) is 44.4 Å². The normalized spacial score (nSPS) is 17.5. The number of allylic oxidation sites excluding steroid dienone is 2. The van der Waals surface area contributed by atoms with Crippen molar-refractivity contribution in [2.24, 2.45) is 5.41 Å². The minimum absolute atomic E-state index is 0.0681. The van der Waals surface area contributed by atoms with Gasteiger partial charge in [0.2, 0.25) is 10.0 Å². The summed E-state index contributed by atoms with van der Waals surface area (Å²) in [5.41, 5.74) is -0.0186. The zero-order valence-electron chi connectivity index (χ0n) is 14.2. The Morgan fingerprint density at radius 2 is 1.71 bits per heavy atom. The van der Waals surface area contributed by atoms with Gasteiger partial charge in [0.05, 0.1) is 10.5 Å². The number of benzene rings is 1. The maximum absolute atomic E-state index is 12.2. The van der Waals surface area contributed by atoms with Crippen LogP contribution in [0.25, 0.3) is 0 Å². The molecule has 0 atom stereocenters. The zero-order valence-corrected chi connectivity index (χ0v) is 15.0. The molecule has 0 amide bonds. The molecule has 1 aromatic rings. The van der Waals surface area contributed by atoms with Crippen LogP contribution in [0, 0.1) is 5.41 Å². The fourth-order valence-corrected chi connectivity index (χ4v) is 3.41. The number of carbonyl (C=O) groups is 2. The molecule has 6 nitrogen and oxygen atoms in total. The van der Waals surface area contributed by atoms with Crippen LogP contribution in [0.3, 0.4) is 0 Å². The quantitative estimate of drug-likeness (QED) is 0.778. The van der Waals surface area contributed by atoms with Crippen LogP contribution in [0.2, 0.25) is 0 Å². The van der Waals surface area contributed by atoms with Crippen molar-refractivity contribution >= 4 is 21.8 Å². The van der Waals surface area contributed by atoms with Gasteiger partial charge in [0.15, 0.2) is 5.78 Å². The first-order valence-electron chi connectivity index (χ1n) is 7.49. The highest BCUT2D eigenvalue weighted by Gasteiger charge is 2.29. The van der Waals surface area contributed by atoms with Crippen LogP contribution >= 0.6 is 0 Å². The monoisotopic (exact) mass is 351 g/mol. The van der Waals surface area contributed by atoms with Gasteiger partial charge in [-0.1, -0.05) is 13.8 Å². The zero-order chi connectivity index (χ0) is 18.1. The number of sulfonamides is 1. The van der Waals surface area contributed by atoms with E-state index in [0.29, 0.717) is 18.6 Å². The molecule has 130 valence electrons. The summed E-state index contributed by atoms with van der Waals surface area (Å²) < 4.78 is 30.4. The van der Waals surface area contributed by atoms with Crippen molar-refractivity contribution in [2.75, 3.05) is 14.1 Å². The molecule has 0 radical (unpaired) electrons. The summed E-state index contributed by atoms with van der Waals surface area (Å²) in [6, 6.07) is 5.51. The molecule has 0 saturated carbocycles. The van der Waals surface area contributed by atoms with Gasteiger partial charge in [-0.2, -0.15) is 0 Å². The molecular formula is C17H21NO5S. The summed E-state index contributed by atoms with van der Waals surface area (Å²) in [6.45, 7) is 3.87. The highest BCUT2D eigenvalue weighted by atomic mass is 32.2. The predicted octanol–water partition coefficient (Wildman–Crippen LogP) is 2.37. The number of hydrogen-bond donors (Lipinski definition) is 0. The number of rotatable bonds is 4. The third-order valence-electron chi connectivity index (χ3n) is 3.72. The first-order chi connectivity index (χ1) is 11.0. The molecule has 24 heavy (non-hydrogen) atoms. The fraction of sp³-hybridized carbons (Fsp3) is 0.412. The summed E-state index contributed by atoms with van der Waals surface area (Å²) in [6.07, 6.45) is 2.27. The SMILES string of the molecule is CN(C)S(=O)(=O)c1ccc(C(=O)OC2=CC(=O)CC(C)(C)C2)cc1. The van der Waals surface area contributed by atoms with E-state index in [9.17, 15) is 18.0 Å². The van der Waals surface area contributed by atoms with Crippen molar-refractivity contribution in [3.05, 3.63) is 41.7 Å². The van der Waals surface area contributed by atoms with Gasteiger partial charge in [0.25, 0.3) is 0 Å². The Kier molecular flexibility index (Phi) is 4.96. The highest BCUT2D eigenvalue weighted by molar-refractivity contribution is 7.89. The minimum atomic E-state index is -3.54. The maximum Gasteiger partial charge on any atom is 0.343 e. The molecule has 0 unspecified atom stereocenters. The number of esters is 1. The third kappa shape index (κ3) is 4.10. The second-order valence-corrected chi connectivity index (χ2v) is 8.95. The molecular weight excluding hydrogens is 330 g/mol. The molecule has 0 heterocycles. The summed E-state index contributed by atoms with van der Waals surface area (Å²) in [5.74, 6) is -0.340. The molecule has 0 bridgehead atoms. The highest BCUT2D eigenvalue weighted by Crippen LogP contribution is 2.34. The molecule has 0 aliphatic heterocycles. The van der Waals surface area contributed by atoms with E-state index in [1.807, 2.05) is 13.8 Å². The number of hydrogen-bond acceptors (Lipinski definition) is 5. The summed E-state index contributed by atoms with van der Waals surface area (Å²) in [5, 5.41) is 0. The van der Waals surface area contributed by atoms with Gasteiger partial charge in [-0.15, -0.1) is 0 Å². The number of nitrogens with zero attached hydrogens (tertiary/aromatic N) is 1. The third-order valence-corrected chi connectivity index (χ3v) is 5.55. The standard InChI is InChI=1S/C17H21NO5S/c1-17(2)10-13(19)9-14(11-17)23-16(20)12-5-7-15(8-6-12)24(21,22)18(3)4/h5-9H,10-11H2,1-4H3. The van der Waals surface area contributed by atoms with Gasteiger partial charge in [-0.05, 0) is 29.7 Å². The maximum atomic E-state index is 12.2. The van der Waals surface area contributed by atoms with Crippen molar-refractivity contribution in [3.8, 4) is 0 Å². The average Bonchev–Trinajstić information content (AvgIpc) is 2.44. The first kappa shape index (κ1) is 18.4. The Balaban J connectivity index is 2.16. The molecule has 7 heteroatoms. The topological polar surface area (TPSA) is 80.8 Å². The second kappa shape index (κ2) is 6.49. The lowest BCUT2D eigenvalue weighted by molar-refractivity contribution is -0.117. The summed E-state index contributed by atoms with van der Waals surface area (Å²) >= 11 is 0. The molecule has 2 rings (SSSR count). The minimum Gasteiger partial charge on any atom is -0.427 e. The Morgan fingerprint density at radius 1 is 1.12 bits per heavy atom. The Morgan fingerprint density at radius 3 is 2.21 bits per heavy atom. The number of carbonyl (C=O) groups excluding carboxylic acids is 2. The lowest BCUT2D eigenvalue weighted by Gasteiger charge is -2.27. The molecule has 1 aliphatic rings. The Hall–Kier alpha value is -1.99. The summed E-state index contributed by atoms with van der Waals surface area (Å²) in [4.78, 5) is 24.0.